The van der Waals surface area contributed by atoms with Crippen molar-refractivity contribution in [3.8, 4) is 0 Å². The smallest absolute Gasteiger partial charge is 0.0537 e. The Hall–Kier alpha value is -1.68. The van der Waals surface area contributed by atoms with Gasteiger partial charge in [-0.1, -0.05) is 6.07 Å². The van der Waals surface area contributed by atoms with Gasteiger partial charge in [0.1, 0.15) is 0 Å². The van der Waals surface area contributed by atoms with E-state index in [2.05, 4.69) is 28.4 Å². The number of hydrogen-bond acceptors (Lipinski definition) is 3. The minimum absolute atomic E-state index is 0.300. The zero-order valence-corrected chi connectivity index (χ0v) is 9.59. The molecule has 1 N–H and O–H groups in total. The maximum Gasteiger partial charge on any atom is 0.0537 e. The lowest BCUT2D eigenvalue weighted by Gasteiger charge is -2.11. The molecule has 0 amide bonds. The van der Waals surface area contributed by atoms with Gasteiger partial charge in [0.2, 0.25) is 0 Å². The summed E-state index contributed by atoms with van der Waals surface area (Å²) in [6, 6.07) is 4.32. The van der Waals surface area contributed by atoms with Gasteiger partial charge in [0.25, 0.3) is 0 Å². The molecule has 2 heterocycles. The number of aromatic nitrogens is 3. The van der Waals surface area contributed by atoms with Crippen LogP contribution in [0.1, 0.15) is 24.1 Å². The lowest BCUT2D eigenvalue weighted by atomic mass is 10.2. The Morgan fingerprint density at radius 2 is 2.31 bits per heavy atom. The number of aryl methyl sites for hydroxylation is 1. The Kier molecular flexibility index (Phi) is 3.31. The molecule has 4 heteroatoms. The van der Waals surface area contributed by atoms with E-state index >= 15 is 0 Å². The summed E-state index contributed by atoms with van der Waals surface area (Å²) in [6.07, 6.45) is 7.58. The third-order valence-electron chi connectivity index (χ3n) is 2.56. The van der Waals surface area contributed by atoms with Crippen LogP contribution in [0.15, 0.2) is 36.9 Å². The molecule has 0 radical (unpaired) electrons. The van der Waals surface area contributed by atoms with Gasteiger partial charge >= 0.3 is 0 Å². The Morgan fingerprint density at radius 3 is 2.94 bits per heavy atom. The Labute approximate surface area is 95.3 Å². The molecule has 16 heavy (non-hydrogen) atoms. The zero-order chi connectivity index (χ0) is 11.4. The van der Waals surface area contributed by atoms with E-state index in [1.165, 1.54) is 11.1 Å². The molecule has 1 atom stereocenters. The summed E-state index contributed by atoms with van der Waals surface area (Å²) in [6.45, 7) is 2.96. The van der Waals surface area contributed by atoms with E-state index < -0.39 is 0 Å². The highest BCUT2D eigenvalue weighted by Crippen LogP contribution is 2.11. The zero-order valence-electron chi connectivity index (χ0n) is 9.59. The first-order chi connectivity index (χ1) is 7.75. The van der Waals surface area contributed by atoms with Crippen molar-refractivity contribution >= 4 is 0 Å². The molecule has 0 aliphatic rings. The molecule has 84 valence electrons. The van der Waals surface area contributed by atoms with Gasteiger partial charge in [0, 0.05) is 43.8 Å². The molecule has 0 saturated carbocycles. The highest BCUT2D eigenvalue weighted by Gasteiger charge is 2.06. The average molecular weight is 216 g/mol. The van der Waals surface area contributed by atoms with Crippen molar-refractivity contribution in [3.63, 3.8) is 0 Å². The summed E-state index contributed by atoms with van der Waals surface area (Å²) in [5, 5.41) is 7.59. The summed E-state index contributed by atoms with van der Waals surface area (Å²) < 4.78 is 1.82. The summed E-state index contributed by atoms with van der Waals surface area (Å²) in [4.78, 5) is 4.08. The predicted molar refractivity (Wildman–Crippen MR) is 62.7 cm³/mol. The molecule has 2 aromatic rings. The fraction of sp³-hybridized carbons (Fsp3) is 0.333. The third-order valence-corrected chi connectivity index (χ3v) is 2.56. The van der Waals surface area contributed by atoms with Crippen LogP contribution in [0.3, 0.4) is 0 Å². The molecular weight excluding hydrogens is 200 g/mol. The molecule has 1 unspecified atom stereocenters. The van der Waals surface area contributed by atoms with E-state index in [4.69, 9.17) is 0 Å². The minimum atomic E-state index is 0.300. The van der Waals surface area contributed by atoms with Crippen LogP contribution >= 0.6 is 0 Å². The van der Waals surface area contributed by atoms with E-state index in [1.807, 2.05) is 36.4 Å². The maximum atomic E-state index is 4.16. The number of nitrogens with one attached hydrogen (secondary N) is 1. The lowest BCUT2D eigenvalue weighted by molar-refractivity contribution is 0.573. The highest BCUT2D eigenvalue weighted by molar-refractivity contribution is 5.11. The topological polar surface area (TPSA) is 42.7 Å². The van der Waals surface area contributed by atoms with Crippen molar-refractivity contribution in [3.05, 3.63) is 48.0 Å². The van der Waals surface area contributed by atoms with Gasteiger partial charge in [0.05, 0.1) is 6.20 Å². The van der Waals surface area contributed by atoms with E-state index in [0.717, 1.165) is 6.54 Å². The number of hydrogen-bond donors (Lipinski definition) is 1. The second-order valence-electron chi connectivity index (χ2n) is 3.91. The molecule has 2 rings (SSSR count). The van der Waals surface area contributed by atoms with Crippen LogP contribution in [0.4, 0.5) is 0 Å². The standard InChI is InChI=1S/C12H16N4/c1-10(12-8-15-16(2)9-12)14-7-11-4-3-5-13-6-11/h3-6,8-10,14H,7H2,1-2H3. The summed E-state index contributed by atoms with van der Waals surface area (Å²) in [5.41, 5.74) is 2.39. The molecule has 4 nitrogen and oxygen atoms in total. The first-order valence-corrected chi connectivity index (χ1v) is 5.36. The van der Waals surface area contributed by atoms with Crippen LogP contribution in [-0.4, -0.2) is 14.8 Å². The quantitative estimate of drug-likeness (QED) is 0.845. The molecule has 0 saturated heterocycles. The van der Waals surface area contributed by atoms with E-state index in [1.54, 1.807) is 6.20 Å². The van der Waals surface area contributed by atoms with Gasteiger partial charge in [-0.3, -0.25) is 9.67 Å². The fourth-order valence-corrected chi connectivity index (χ4v) is 1.56. The van der Waals surface area contributed by atoms with Gasteiger partial charge in [-0.15, -0.1) is 0 Å². The molecule has 0 bridgehead atoms. The molecule has 0 aromatic carbocycles. The lowest BCUT2D eigenvalue weighted by Crippen LogP contribution is -2.17. The monoisotopic (exact) mass is 216 g/mol. The minimum Gasteiger partial charge on any atom is -0.306 e. The van der Waals surface area contributed by atoms with Crippen LogP contribution in [0.25, 0.3) is 0 Å². The normalized spacial score (nSPS) is 12.6. The molecule has 0 aliphatic heterocycles. The first-order valence-electron chi connectivity index (χ1n) is 5.36. The van der Waals surface area contributed by atoms with Crippen molar-refractivity contribution in [2.45, 2.75) is 19.5 Å². The van der Waals surface area contributed by atoms with Crippen molar-refractivity contribution in [1.82, 2.24) is 20.1 Å². The Morgan fingerprint density at radius 1 is 1.44 bits per heavy atom. The van der Waals surface area contributed by atoms with Gasteiger partial charge < -0.3 is 5.32 Å². The molecular formula is C12H16N4. The SMILES string of the molecule is CC(NCc1cccnc1)c1cnn(C)c1. The number of pyridine rings is 1. The second-order valence-corrected chi connectivity index (χ2v) is 3.91. The summed E-state index contributed by atoms with van der Waals surface area (Å²) in [5.74, 6) is 0. The largest absolute Gasteiger partial charge is 0.306 e. The summed E-state index contributed by atoms with van der Waals surface area (Å²) in [7, 11) is 1.93. The maximum absolute atomic E-state index is 4.16. The van der Waals surface area contributed by atoms with Crippen molar-refractivity contribution in [1.29, 1.82) is 0 Å². The Bertz CT molecular complexity index is 435. The fourth-order valence-electron chi connectivity index (χ4n) is 1.56. The first kappa shape index (κ1) is 10.8. The molecule has 2 aromatic heterocycles. The van der Waals surface area contributed by atoms with E-state index in [0.29, 0.717) is 6.04 Å². The average Bonchev–Trinajstić information content (AvgIpc) is 2.74. The third kappa shape index (κ3) is 2.67. The van der Waals surface area contributed by atoms with Crippen molar-refractivity contribution in [2.75, 3.05) is 0 Å². The highest BCUT2D eigenvalue weighted by atomic mass is 15.2. The molecule has 0 spiro atoms. The van der Waals surface area contributed by atoms with Crippen LogP contribution in [0.2, 0.25) is 0 Å². The molecule has 0 fully saturated rings. The van der Waals surface area contributed by atoms with E-state index in [9.17, 15) is 0 Å². The van der Waals surface area contributed by atoms with Crippen LogP contribution in [0, 0.1) is 0 Å². The van der Waals surface area contributed by atoms with Gasteiger partial charge in [0.15, 0.2) is 0 Å². The Balaban J connectivity index is 1.91. The number of nitrogens with zero attached hydrogens (tertiary/aromatic N) is 3. The van der Waals surface area contributed by atoms with Crippen LogP contribution in [0.5, 0.6) is 0 Å². The van der Waals surface area contributed by atoms with Crippen LogP contribution < -0.4 is 5.32 Å². The molecule has 0 aliphatic carbocycles. The van der Waals surface area contributed by atoms with Crippen LogP contribution in [-0.2, 0) is 13.6 Å². The number of rotatable bonds is 4. The summed E-state index contributed by atoms with van der Waals surface area (Å²) >= 11 is 0. The second kappa shape index (κ2) is 4.90. The van der Waals surface area contributed by atoms with Gasteiger partial charge in [-0.2, -0.15) is 5.10 Å². The van der Waals surface area contributed by atoms with Crippen molar-refractivity contribution in [2.24, 2.45) is 7.05 Å². The van der Waals surface area contributed by atoms with E-state index in [-0.39, 0.29) is 0 Å². The van der Waals surface area contributed by atoms with Gasteiger partial charge in [-0.05, 0) is 18.6 Å². The van der Waals surface area contributed by atoms with Gasteiger partial charge in [-0.25, -0.2) is 0 Å². The predicted octanol–water partition coefficient (Wildman–Crippen LogP) is 1.67. The van der Waals surface area contributed by atoms with Crippen molar-refractivity contribution < 1.29 is 0 Å².